The first kappa shape index (κ1) is 14.2. The number of hydrogen-bond donors (Lipinski definition) is 1. The van der Waals surface area contributed by atoms with Crippen molar-refractivity contribution in [2.75, 3.05) is 38.7 Å². The van der Waals surface area contributed by atoms with Crippen molar-refractivity contribution in [3.05, 3.63) is 0 Å². The van der Waals surface area contributed by atoms with Crippen molar-refractivity contribution < 1.29 is 13.2 Å². The van der Waals surface area contributed by atoms with Gasteiger partial charge in [-0.3, -0.25) is 0 Å². The van der Waals surface area contributed by atoms with Gasteiger partial charge in [0.05, 0.1) is 6.61 Å². The molecule has 0 spiro atoms. The lowest BCUT2D eigenvalue weighted by atomic mass is 10.4. The van der Waals surface area contributed by atoms with Gasteiger partial charge in [0, 0.05) is 32.1 Å². The predicted molar refractivity (Wildman–Crippen MR) is 63.9 cm³/mol. The van der Waals surface area contributed by atoms with Crippen molar-refractivity contribution in [1.29, 1.82) is 0 Å². The van der Waals surface area contributed by atoms with E-state index in [9.17, 15) is 8.42 Å². The predicted octanol–water partition coefficient (Wildman–Crippen LogP) is 0.562. The molecule has 0 saturated carbocycles. The minimum absolute atomic E-state index is 0.418. The van der Waals surface area contributed by atoms with Crippen LogP contribution in [0.1, 0.15) is 19.3 Å². The van der Waals surface area contributed by atoms with Crippen LogP contribution in [0.4, 0.5) is 0 Å². The van der Waals surface area contributed by atoms with E-state index in [4.69, 9.17) is 16.3 Å². The van der Waals surface area contributed by atoms with Crippen LogP contribution >= 0.6 is 11.6 Å². The molecule has 0 aromatic heterocycles. The van der Waals surface area contributed by atoms with Crippen LogP contribution in [-0.2, 0) is 14.9 Å². The summed E-state index contributed by atoms with van der Waals surface area (Å²) < 4.78 is 32.5. The van der Waals surface area contributed by atoms with Crippen molar-refractivity contribution in [3.8, 4) is 0 Å². The van der Waals surface area contributed by atoms with Gasteiger partial charge in [0.1, 0.15) is 0 Å². The fourth-order valence-electron chi connectivity index (χ4n) is 1.55. The molecule has 0 aromatic rings. The standard InChI is InChI=1S/C9H19ClN2O3S/c10-4-9-15-8-3-5-11-16(13,14)12-6-1-2-7-12/h11H,1-9H2. The molecule has 96 valence electrons. The van der Waals surface area contributed by atoms with E-state index in [-0.39, 0.29) is 0 Å². The highest BCUT2D eigenvalue weighted by Crippen LogP contribution is 2.10. The third-order valence-electron chi connectivity index (χ3n) is 2.38. The van der Waals surface area contributed by atoms with Gasteiger partial charge in [0.25, 0.3) is 10.2 Å². The van der Waals surface area contributed by atoms with E-state index in [0.717, 1.165) is 12.8 Å². The van der Waals surface area contributed by atoms with E-state index >= 15 is 0 Å². The number of rotatable bonds is 8. The number of ether oxygens (including phenoxy) is 1. The second-order valence-electron chi connectivity index (χ2n) is 3.66. The van der Waals surface area contributed by atoms with Crippen LogP contribution in [0.3, 0.4) is 0 Å². The molecule has 0 radical (unpaired) electrons. The van der Waals surface area contributed by atoms with Crippen molar-refractivity contribution in [2.24, 2.45) is 0 Å². The van der Waals surface area contributed by atoms with Gasteiger partial charge in [0.2, 0.25) is 0 Å². The highest BCUT2D eigenvalue weighted by atomic mass is 35.5. The summed E-state index contributed by atoms with van der Waals surface area (Å²) in [4.78, 5) is 0. The molecule has 1 saturated heterocycles. The van der Waals surface area contributed by atoms with Crippen molar-refractivity contribution in [2.45, 2.75) is 19.3 Å². The topological polar surface area (TPSA) is 58.6 Å². The molecule has 1 fully saturated rings. The number of hydrogen-bond acceptors (Lipinski definition) is 3. The summed E-state index contributed by atoms with van der Waals surface area (Å²) in [5, 5.41) is 0. The maximum Gasteiger partial charge on any atom is 0.279 e. The molecule has 0 atom stereocenters. The van der Waals surface area contributed by atoms with Crippen molar-refractivity contribution in [3.63, 3.8) is 0 Å². The molecule has 1 heterocycles. The van der Waals surface area contributed by atoms with E-state index in [0.29, 0.717) is 45.1 Å². The van der Waals surface area contributed by atoms with Gasteiger partial charge < -0.3 is 4.74 Å². The van der Waals surface area contributed by atoms with Crippen molar-refractivity contribution >= 4 is 21.8 Å². The molecule has 16 heavy (non-hydrogen) atoms. The molecular formula is C9H19ClN2O3S. The molecule has 5 nitrogen and oxygen atoms in total. The lowest BCUT2D eigenvalue weighted by Crippen LogP contribution is -2.39. The third kappa shape index (κ3) is 4.97. The summed E-state index contributed by atoms with van der Waals surface area (Å²) in [6.07, 6.45) is 2.59. The van der Waals surface area contributed by atoms with Gasteiger partial charge in [-0.25, -0.2) is 4.72 Å². The molecule has 7 heteroatoms. The molecule has 0 unspecified atom stereocenters. The van der Waals surface area contributed by atoms with Crippen LogP contribution in [0.5, 0.6) is 0 Å². The van der Waals surface area contributed by atoms with Crippen LogP contribution in [0.15, 0.2) is 0 Å². The van der Waals surface area contributed by atoms with Crippen LogP contribution in [0.2, 0.25) is 0 Å². The van der Waals surface area contributed by atoms with Crippen LogP contribution in [0, 0.1) is 0 Å². The first-order chi connectivity index (χ1) is 7.67. The SMILES string of the molecule is O=S(=O)(NCCCOCCCl)N1CCCC1. The molecule has 0 aromatic carbocycles. The number of nitrogens with one attached hydrogen (secondary N) is 1. The zero-order valence-electron chi connectivity index (χ0n) is 9.32. The molecule has 0 bridgehead atoms. The molecule has 1 N–H and O–H groups in total. The minimum Gasteiger partial charge on any atom is -0.380 e. The zero-order chi connectivity index (χ0) is 11.9. The average molecular weight is 271 g/mol. The maximum absolute atomic E-state index is 11.7. The Bertz CT molecular complexity index is 278. The van der Waals surface area contributed by atoms with E-state index in [2.05, 4.69) is 4.72 Å². The second kappa shape index (κ2) is 7.45. The molecule has 1 aliphatic rings. The maximum atomic E-state index is 11.7. The Labute approximate surface area is 102 Å². The van der Waals surface area contributed by atoms with E-state index in [1.165, 1.54) is 4.31 Å². The van der Waals surface area contributed by atoms with Gasteiger partial charge in [-0.05, 0) is 19.3 Å². The molecule has 1 aliphatic heterocycles. The normalized spacial score (nSPS) is 18.1. The summed E-state index contributed by atoms with van der Waals surface area (Å²) >= 11 is 5.43. The number of halogens is 1. The van der Waals surface area contributed by atoms with Crippen LogP contribution in [-0.4, -0.2) is 51.5 Å². The number of nitrogens with zero attached hydrogens (tertiary/aromatic N) is 1. The largest absolute Gasteiger partial charge is 0.380 e. The Hall–Kier alpha value is 0.120. The highest BCUT2D eigenvalue weighted by Gasteiger charge is 2.24. The summed E-state index contributed by atoms with van der Waals surface area (Å²) in [5.74, 6) is 0.472. The van der Waals surface area contributed by atoms with Crippen LogP contribution in [0.25, 0.3) is 0 Å². The Balaban J connectivity index is 2.11. The van der Waals surface area contributed by atoms with Crippen molar-refractivity contribution in [1.82, 2.24) is 9.03 Å². The lowest BCUT2D eigenvalue weighted by Gasteiger charge is -2.15. The first-order valence-electron chi connectivity index (χ1n) is 5.55. The Kier molecular flexibility index (Phi) is 6.60. The van der Waals surface area contributed by atoms with Gasteiger partial charge in [0.15, 0.2) is 0 Å². The van der Waals surface area contributed by atoms with E-state index < -0.39 is 10.2 Å². The monoisotopic (exact) mass is 270 g/mol. The number of alkyl halides is 1. The molecular weight excluding hydrogens is 252 g/mol. The first-order valence-corrected chi connectivity index (χ1v) is 7.53. The Morgan fingerprint density at radius 3 is 2.56 bits per heavy atom. The summed E-state index contributed by atoms with van der Waals surface area (Å²) in [7, 11) is -3.25. The Morgan fingerprint density at radius 1 is 1.25 bits per heavy atom. The second-order valence-corrected chi connectivity index (χ2v) is 5.79. The van der Waals surface area contributed by atoms with E-state index in [1.54, 1.807) is 0 Å². The average Bonchev–Trinajstić information content (AvgIpc) is 2.77. The lowest BCUT2D eigenvalue weighted by molar-refractivity contribution is 0.147. The van der Waals surface area contributed by atoms with Gasteiger partial charge in [-0.15, -0.1) is 11.6 Å². The fraction of sp³-hybridized carbons (Fsp3) is 1.00. The summed E-state index contributed by atoms with van der Waals surface area (Å²) in [5.41, 5.74) is 0. The minimum atomic E-state index is -3.25. The molecule has 0 aliphatic carbocycles. The third-order valence-corrected chi connectivity index (χ3v) is 4.14. The zero-order valence-corrected chi connectivity index (χ0v) is 10.9. The quantitative estimate of drug-likeness (QED) is 0.518. The van der Waals surface area contributed by atoms with E-state index in [1.807, 2.05) is 0 Å². The van der Waals surface area contributed by atoms with Crippen LogP contribution < -0.4 is 4.72 Å². The molecule has 1 rings (SSSR count). The molecule has 0 amide bonds. The summed E-state index contributed by atoms with van der Waals surface area (Å²) in [6, 6.07) is 0. The smallest absolute Gasteiger partial charge is 0.279 e. The van der Waals surface area contributed by atoms with Gasteiger partial charge in [-0.1, -0.05) is 0 Å². The van der Waals surface area contributed by atoms with Gasteiger partial charge in [-0.2, -0.15) is 12.7 Å². The van der Waals surface area contributed by atoms with Gasteiger partial charge >= 0.3 is 0 Å². The Morgan fingerprint density at radius 2 is 1.94 bits per heavy atom. The summed E-state index contributed by atoms with van der Waals surface area (Å²) in [6.45, 7) is 2.74. The highest BCUT2D eigenvalue weighted by molar-refractivity contribution is 7.87. The fourth-order valence-corrected chi connectivity index (χ4v) is 2.98.